The molecule has 0 aromatic heterocycles. The van der Waals surface area contributed by atoms with E-state index in [-0.39, 0.29) is 16.5 Å². The molecular formula is C18H16F2N2O4S2. The lowest BCUT2D eigenvalue weighted by Crippen LogP contribution is -2.18. The third-order valence-electron chi connectivity index (χ3n) is 3.97. The summed E-state index contributed by atoms with van der Waals surface area (Å²) in [6.07, 6.45) is -0.102. The van der Waals surface area contributed by atoms with Gasteiger partial charge in [-0.05, 0) is 30.3 Å². The van der Waals surface area contributed by atoms with Gasteiger partial charge in [0.15, 0.2) is 9.84 Å². The van der Waals surface area contributed by atoms with Crippen LogP contribution in [0.5, 0.6) is 0 Å². The number of fused-ring (bicyclic) bond motifs is 1. The number of nitrogens with one attached hydrogen (secondary N) is 2. The first-order chi connectivity index (χ1) is 13.2. The zero-order valence-electron chi connectivity index (χ0n) is 14.5. The molecule has 2 N–H and O–H groups in total. The van der Waals surface area contributed by atoms with Crippen LogP contribution in [0.1, 0.15) is 12.8 Å². The fourth-order valence-corrected chi connectivity index (χ4v) is 4.74. The highest BCUT2D eigenvalue weighted by atomic mass is 32.2. The largest absolute Gasteiger partial charge is 0.325 e. The van der Waals surface area contributed by atoms with Crippen molar-refractivity contribution in [1.29, 1.82) is 0 Å². The number of carbonyl (C=O) groups is 2. The van der Waals surface area contributed by atoms with Crippen LogP contribution in [0.4, 0.5) is 20.2 Å². The van der Waals surface area contributed by atoms with E-state index in [1.807, 2.05) is 0 Å². The molecule has 0 aliphatic carbocycles. The zero-order chi connectivity index (χ0) is 20.3. The van der Waals surface area contributed by atoms with Crippen LogP contribution in [-0.4, -0.2) is 31.7 Å². The molecule has 0 bridgehead atoms. The smallest absolute Gasteiger partial charge is 0.225 e. The Labute approximate surface area is 164 Å². The number of halogens is 2. The molecule has 0 saturated heterocycles. The van der Waals surface area contributed by atoms with Gasteiger partial charge in [0.25, 0.3) is 0 Å². The first-order valence-electron chi connectivity index (χ1n) is 8.29. The van der Waals surface area contributed by atoms with Gasteiger partial charge in [0.05, 0.1) is 22.0 Å². The Kier molecular flexibility index (Phi) is 5.99. The van der Waals surface area contributed by atoms with Crippen LogP contribution in [0.2, 0.25) is 0 Å². The van der Waals surface area contributed by atoms with E-state index in [4.69, 9.17) is 0 Å². The fraction of sp³-hybridized carbons (Fsp3) is 0.222. The monoisotopic (exact) mass is 426 g/mol. The van der Waals surface area contributed by atoms with Gasteiger partial charge in [-0.25, -0.2) is 17.2 Å². The van der Waals surface area contributed by atoms with Crippen molar-refractivity contribution in [1.82, 2.24) is 0 Å². The zero-order valence-corrected chi connectivity index (χ0v) is 16.1. The molecule has 28 heavy (non-hydrogen) atoms. The lowest BCUT2D eigenvalue weighted by molar-refractivity contribution is -0.116. The Morgan fingerprint density at radius 3 is 2.75 bits per heavy atom. The summed E-state index contributed by atoms with van der Waals surface area (Å²) in [6.45, 7) is 0. The molecule has 0 atom stereocenters. The van der Waals surface area contributed by atoms with E-state index in [1.54, 1.807) is 6.07 Å². The van der Waals surface area contributed by atoms with Crippen LogP contribution in [0, 0.1) is 11.6 Å². The first kappa shape index (κ1) is 20.3. The quantitative estimate of drug-likeness (QED) is 0.766. The van der Waals surface area contributed by atoms with Gasteiger partial charge in [-0.3, -0.25) is 9.59 Å². The number of amides is 2. The molecule has 148 valence electrons. The second-order valence-electron chi connectivity index (χ2n) is 6.05. The average molecular weight is 426 g/mol. The van der Waals surface area contributed by atoms with Crippen molar-refractivity contribution in [3.8, 4) is 0 Å². The highest BCUT2D eigenvalue weighted by Gasteiger charge is 2.21. The summed E-state index contributed by atoms with van der Waals surface area (Å²) < 4.78 is 51.8. The predicted octanol–water partition coefficient (Wildman–Crippen LogP) is 3.20. The molecule has 1 aliphatic heterocycles. The number of carbonyl (C=O) groups excluding carboxylic acids is 2. The topological polar surface area (TPSA) is 92.3 Å². The SMILES string of the molecule is O=C(CCS(=O)(=O)c1ccc2c(c1)NC(=O)CCS2)Nc1cc(F)ccc1F. The van der Waals surface area contributed by atoms with Gasteiger partial charge in [-0.15, -0.1) is 11.8 Å². The molecule has 1 heterocycles. The van der Waals surface area contributed by atoms with Crippen molar-refractivity contribution in [3.05, 3.63) is 48.0 Å². The lowest BCUT2D eigenvalue weighted by Gasteiger charge is -2.10. The van der Waals surface area contributed by atoms with Crippen molar-refractivity contribution in [2.45, 2.75) is 22.6 Å². The molecule has 6 nitrogen and oxygen atoms in total. The summed E-state index contributed by atoms with van der Waals surface area (Å²) in [5, 5.41) is 4.82. The van der Waals surface area contributed by atoms with Crippen molar-refractivity contribution in [2.24, 2.45) is 0 Å². The Bertz CT molecular complexity index is 1040. The van der Waals surface area contributed by atoms with Crippen LogP contribution in [0.15, 0.2) is 46.2 Å². The Balaban J connectivity index is 1.69. The van der Waals surface area contributed by atoms with Gasteiger partial charge in [0.2, 0.25) is 11.8 Å². The van der Waals surface area contributed by atoms with E-state index in [0.717, 1.165) is 23.1 Å². The van der Waals surface area contributed by atoms with E-state index in [1.165, 1.54) is 23.9 Å². The van der Waals surface area contributed by atoms with Gasteiger partial charge in [0, 0.05) is 29.6 Å². The van der Waals surface area contributed by atoms with E-state index in [2.05, 4.69) is 10.6 Å². The summed E-state index contributed by atoms with van der Waals surface area (Å²) in [5.41, 5.74) is 0.0621. The van der Waals surface area contributed by atoms with Crippen molar-refractivity contribution in [2.75, 3.05) is 22.1 Å². The molecule has 2 aromatic rings. The van der Waals surface area contributed by atoms with Gasteiger partial charge in [0.1, 0.15) is 11.6 Å². The number of sulfone groups is 1. The minimum atomic E-state index is -3.82. The van der Waals surface area contributed by atoms with Gasteiger partial charge >= 0.3 is 0 Å². The predicted molar refractivity (Wildman–Crippen MR) is 102 cm³/mol. The molecular weight excluding hydrogens is 410 g/mol. The normalized spacial score (nSPS) is 14.0. The second kappa shape index (κ2) is 8.27. The average Bonchev–Trinajstić information content (AvgIpc) is 2.83. The van der Waals surface area contributed by atoms with Crippen LogP contribution in [-0.2, 0) is 19.4 Å². The number of hydrogen-bond acceptors (Lipinski definition) is 5. The second-order valence-corrected chi connectivity index (χ2v) is 9.29. The Morgan fingerprint density at radius 2 is 1.96 bits per heavy atom. The summed E-state index contributed by atoms with van der Waals surface area (Å²) in [6, 6.07) is 6.98. The Morgan fingerprint density at radius 1 is 1.18 bits per heavy atom. The van der Waals surface area contributed by atoms with Crippen molar-refractivity contribution in [3.63, 3.8) is 0 Å². The molecule has 0 saturated carbocycles. The summed E-state index contributed by atoms with van der Waals surface area (Å²) in [4.78, 5) is 24.4. The molecule has 1 aliphatic rings. The fourth-order valence-electron chi connectivity index (χ4n) is 2.54. The maximum Gasteiger partial charge on any atom is 0.225 e. The van der Waals surface area contributed by atoms with Crippen molar-refractivity contribution < 1.29 is 26.8 Å². The number of hydrogen-bond donors (Lipinski definition) is 2. The van der Waals surface area contributed by atoms with E-state index < -0.39 is 39.6 Å². The third kappa shape index (κ3) is 4.87. The minimum absolute atomic E-state index is 0.0289. The van der Waals surface area contributed by atoms with E-state index in [0.29, 0.717) is 17.9 Å². The number of rotatable bonds is 5. The summed E-state index contributed by atoms with van der Waals surface area (Å²) in [7, 11) is -3.82. The Hall–Kier alpha value is -2.46. The molecule has 0 unspecified atom stereocenters. The first-order valence-corrected chi connectivity index (χ1v) is 10.9. The maximum atomic E-state index is 13.6. The number of benzene rings is 2. The molecule has 0 spiro atoms. The molecule has 2 aromatic carbocycles. The molecule has 3 rings (SSSR count). The van der Waals surface area contributed by atoms with Gasteiger partial charge in [-0.1, -0.05) is 0 Å². The molecule has 0 fully saturated rings. The van der Waals surface area contributed by atoms with E-state index in [9.17, 15) is 26.8 Å². The number of thioether (sulfide) groups is 1. The van der Waals surface area contributed by atoms with Crippen molar-refractivity contribution >= 4 is 44.8 Å². The molecule has 10 heteroatoms. The minimum Gasteiger partial charge on any atom is -0.325 e. The van der Waals surface area contributed by atoms with Crippen LogP contribution < -0.4 is 10.6 Å². The highest BCUT2D eigenvalue weighted by molar-refractivity contribution is 7.99. The lowest BCUT2D eigenvalue weighted by atomic mass is 10.3. The molecule has 0 radical (unpaired) electrons. The van der Waals surface area contributed by atoms with Gasteiger partial charge < -0.3 is 10.6 Å². The number of anilines is 2. The van der Waals surface area contributed by atoms with Crippen LogP contribution in [0.3, 0.4) is 0 Å². The summed E-state index contributed by atoms with van der Waals surface area (Å²) in [5.74, 6) is -2.42. The highest BCUT2D eigenvalue weighted by Crippen LogP contribution is 2.33. The van der Waals surface area contributed by atoms with Crippen LogP contribution >= 0.6 is 11.8 Å². The molecule has 2 amide bonds. The van der Waals surface area contributed by atoms with Gasteiger partial charge in [-0.2, -0.15) is 0 Å². The third-order valence-corrected chi connectivity index (χ3v) is 6.76. The maximum absolute atomic E-state index is 13.6. The summed E-state index contributed by atoms with van der Waals surface area (Å²) >= 11 is 1.45. The van der Waals surface area contributed by atoms with E-state index >= 15 is 0 Å². The standard InChI is InChI=1S/C18H16F2N2O4S2/c19-11-1-3-13(20)14(9-11)21-18(24)6-8-28(25,26)12-2-4-16-15(10-12)22-17(23)5-7-27-16/h1-4,9-10H,5-8H2,(H,21,24)(H,22,23). The van der Waals surface area contributed by atoms with Crippen LogP contribution in [0.25, 0.3) is 0 Å².